The van der Waals surface area contributed by atoms with Crippen LogP contribution in [0.5, 0.6) is 0 Å². The Labute approximate surface area is 210 Å². The fourth-order valence-corrected chi connectivity index (χ4v) is 5.77. The standard InChI is InChI=1S/C33H48O/c1-4-5-7-12-28-18-20-29(21-19-28)13-10-11-14-30-22-24-31(25-23-30)27(2)17-26-33(34-3)32-15-8-6-9-16-32/h5-9,15-16,18-21,27,30-31,33H,4,10-14,17,22-26H2,1-3H3/b7-5+/t27?,30-,31-,33?. The molecule has 0 bridgehead atoms. The molecular weight excluding hydrogens is 412 g/mol. The number of rotatable bonds is 14. The minimum atomic E-state index is 0.245. The van der Waals surface area contributed by atoms with E-state index in [9.17, 15) is 0 Å². The second-order valence-corrected chi connectivity index (χ2v) is 10.6. The molecule has 0 amide bonds. The highest BCUT2D eigenvalue weighted by atomic mass is 16.5. The van der Waals surface area contributed by atoms with E-state index in [1.807, 2.05) is 7.11 Å². The molecule has 0 saturated heterocycles. The largest absolute Gasteiger partial charge is 0.377 e. The van der Waals surface area contributed by atoms with Gasteiger partial charge in [0.25, 0.3) is 0 Å². The highest BCUT2D eigenvalue weighted by molar-refractivity contribution is 5.24. The Balaban J connectivity index is 1.28. The van der Waals surface area contributed by atoms with E-state index in [-0.39, 0.29) is 6.10 Å². The lowest BCUT2D eigenvalue weighted by Crippen LogP contribution is -2.21. The molecule has 1 heteroatoms. The number of ether oxygens (including phenoxy) is 1. The van der Waals surface area contributed by atoms with E-state index in [1.54, 1.807) is 0 Å². The third kappa shape index (κ3) is 9.06. The van der Waals surface area contributed by atoms with Crippen molar-refractivity contribution in [2.24, 2.45) is 17.8 Å². The Morgan fingerprint density at radius 2 is 1.56 bits per heavy atom. The molecule has 2 aromatic rings. The smallest absolute Gasteiger partial charge is 0.0821 e. The van der Waals surface area contributed by atoms with Crippen molar-refractivity contribution < 1.29 is 4.74 Å². The summed E-state index contributed by atoms with van der Waals surface area (Å²) in [6.45, 7) is 4.67. The Bertz CT molecular complexity index is 798. The van der Waals surface area contributed by atoms with Crippen molar-refractivity contribution >= 4 is 0 Å². The summed E-state index contributed by atoms with van der Waals surface area (Å²) in [5, 5.41) is 0. The molecular formula is C33H48O. The normalized spacial score (nSPS) is 20.4. The average Bonchev–Trinajstić information content (AvgIpc) is 2.89. The average molecular weight is 461 g/mol. The van der Waals surface area contributed by atoms with Crippen LogP contribution in [0.15, 0.2) is 66.7 Å². The molecule has 0 aromatic heterocycles. The van der Waals surface area contributed by atoms with Gasteiger partial charge in [-0.25, -0.2) is 0 Å². The number of aryl methyl sites for hydroxylation is 1. The van der Waals surface area contributed by atoms with Gasteiger partial charge in [-0.15, -0.1) is 0 Å². The van der Waals surface area contributed by atoms with Gasteiger partial charge in [0.1, 0.15) is 0 Å². The van der Waals surface area contributed by atoms with Crippen LogP contribution in [0, 0.1) is 17.8 Å². The predicted octanol–water partition coefficient (Wildman–Crippen LogP) is 9.52. The molecule has 2 unspecified atom stereocenters. The molecule has 0 N–H and O–H groups in total. The molecule has 2 aromatic carbocycles. The summed E-state index contributed by atoms with van der Waals surface area (Å²) >= 11 is 0. The molecule has 0 heterocycles. The van der Waals surface area contributed by atoms with Gasteiger partial charge in [0.2, 0.25) is 0 Å². The van der Waals surface area contributed by atoms with Crippen LogP contribution in [0.3, 0.4) is 0 Å². The number of unbranched alkanes of at least 4 members (excludes halogenated alkanes) is 1. The maximum Gasteiger partial charge on any atom is 0.0821 e. The summed E-state index contributed by atoms with van der Waals surface area (Å²) in [4.78, 5) is 0. The van der Waals surface area contributed by atoms with Crippen LogP contribution in [0.4, 0.5) is 0 Å². The second kappa shape index (κ2) is 15.2. The first kappa shape index (κ1) is 26.7. The maximum absolute atomic E-state index is 5.80. The lowest BCUT2D eigenvalue weighted by atomic mass is 9.73. The van der Waals surface area contributed by atoms with Crippen molar-refractivity contribution in [2.75, 3.05) is 7.11 Å². The minimum absolute atomic E-state index is 0.245. The zero-order chi connectivity index (χ0) is 24.0. The number of allylic oxidation sites excluding steroid dienone is 2. The third-order valence-electron chi connectivity index (χ3n) is 8.14. The summed E-state index contributed by atoms with van der Waals surface area (Å²) in [6.07, 6.45) is 20.5. The number of hydrogen-bond acceptors (Lipinski definition) is 1. The van der Waals surface area contributed by atoms with Gasteiger partial charge in [-0.2, -0.15) is 0 Å². The first-order valence-electron chi connectivity index (χ1n) is 14.0. The summed E-state index contributed by atoms with van der Waals surface area (Å²) in [5.74, 6) is 2.69. The first-order chi connectivity index (χ1) is 16.7. The Morgan fingerprint density at radius 1 is 0.853 bits per heavy atom. The Kier molecular flexibility index (Phi) is 12.0. The fraction of sp³-hybridized carbons (Fsp3) is 0.576. The topological polar surface area (TPSA) is 9.23 Å². The summed E-state index contributed by atoms with van der Waals surface area (Å²) < 4.78 is 5.80. The van der Waals surface area contributed by atoms with Crippen LogP contribution in [-0.4, -0.2) is 7.11 Å². The molecule has 0 radical (unpaired) electrons. The van der Waals surface area contributed by atoms with E-state index in [1.165, 1.54) is 74.5 Å². The van der Waals surface area contributed by atoms with E-state index in [2.05, 4.69) is 80.6 Å². The molecule has 186 valence electrons. The number of hydrogen-bond donors (Lipinski definition) is 0. The highest BCUT2D eigenvalue weighted by Gasteiger charge is 2.25. The van der Waals surface area contributed by atoms with Crippen molar-refractivity contribution in [1.82, 2.24) is 0 Å². The zero-order valence-electron chi connectivity index (χ0n) is 22.1. The Hall–Kier alpha value is -1.86. The van der Waals surface area contributed by atoms with E-state index >= 15 is 0 Å². The summed E-state index contributed by atoms with van der Waals surface area (Å²) in [5.41, 5.74) is 4.25. The van der Waals surface area contributed by atoms with Crippen LogP contribution in [0.25, 0.3) is 0 Å². The summed E-state index contributed by atoms with van der Waals surface area (Å²) in [6, 6.07) is 20.0. The third-order valence-corrected chi connectivity index (χ3v) is 8.14. The molecule has 1 aliphatic rings. The molecule has 0 aliphatic heterocycles. The number of methoxy groups -OCH3 is 1. The van der Waals surface area contributed by atoms with Crippen molar-refractivity contribution in [1.29, 1.82) is 0 Å². The lowest BCUT2D eigenvalue weighted by molar-refractivity contribution is 0.0833. The molecule has 2 atom stereocenters. The molecule has 1 nitrogen and oxygen atoms in total. The van der Waals surface area contributed by atoms with Gasteiger partial charge in [0, 0.05) is 7.11 Å². The molecule has 3 rings (SSSR count). The van der Waals surface area contributed by atoms with Crippen molar-refractivity contribution in [3.63, 3.8) is 0 Å². The SMILES string of the molecule is CC/C=C/Cc1ccc(CCCC[C@H]2CC[C@H](C(C)CCC(OC)c3ccccc3)CC2)cc1. The van der Waals surface area contributed by atoms with Crippen LogP contribution in [0.1, 0.15) is 101 Å². The van der Waals surface area contributed by atoms with Crippen molar-refractivity contribution in [3.8, 4) is 0 Å². The van der Waals surface area contributed by atoms with Crippen molar-refractivity contribution in [2.45, 2.75) is 97.0 Å². The van der Waals surface area contributed by atoms with Gasteiger partial charge < -0.3 is 4.74 Å². The minimum Gasteiger partial charge on any atom is -0.377 e. The Morgan fingerprint density at radius 3 is 2.24 bits per heavy atom. The molecule has 34 heavy (non-hydrogen) atoms. The lowest BCUT2D eigenvalue weighted by Gasteiger charge is -2.33. The van der Waals surface area contributed by atoms with Crippen LogP contribution < -0.4 is 0 Å². The van der Waals surface area contributed by atoms with Crippen LogP contribution >= 0.6 is 0 Å². The van der Waals surface area contributed by atoms with Gasteiger partial charge in [-0.1, -0.05) is 106 Å². The van der Waals surface area contributed by atoms with E-state index in [0.717, 1.165) is 37.0 Å². The number of benzene rings is 2. The monoisotopic (exact) mass is 460 g/mol. The summed E-state index contributed by atoms with van der Waals surface area (Å²) in [7, 11) is 1.86. The highest BCUT2D eigenvalue weighted by Crippen LogP contribution is 2.38. The van der Waals surface area contributed by atoms with E-state index in [4.69, 9.17) is 4.74 Å². The van der Waals surface area contributed by atoms with Gasteiger partial charge >= 0.3 is 0 Å². The maximum atomic E-state index is 5.80. The second-order valence-electron chi connectivity index (χ2n) is 10.6. The molecule has 0 spiro atoms. The molecule has 1 aliphatic carbocycles. The van der Waals surface area contributed by atoms with Crippen LogP contribution in [-0.2, 0) is 17.6 Å². The van der Waals surface area contributed by atoms with Gasteiger partial charge in [0.05, 0.1) is 6.10 Å². The van der Waals surface area contributed by atoms with Gasteiger partial charge in [0.15, 0.2) is 0 Å². The quantitative estimate of drug-likeness (QED) is 0.201. The predicted molar refractivity (Wildman–Crippen MR) is 147 cm³/mol. The van der Waals surface area contributed by atoms with Crippen LogP contribution in [0.2, 0.25) is 0 Å². The zero-order valence-corrected chi connectivity index (χ0v) is 22.1. The molecule has 1 fully saturated rings. The van der Waals surface area contributed by atoms with E-state index in [0.29, 0.717) is 0 Å². The fourth-order valence-electron chi connectivity index (χ4n) is 5.77. The van der Waals surface area contributed by atoms with E-state index < -0.39 is 0 Å². The molecule has 1 saturated carbocycles. The van der Waals surface area contributed by atoms with Crippen molar-refractivity contribution in [3.05, 3.63) is 83.4 Å². The van der Waals surface area contributed by atoms with Gasteiger partial charge in [-0.3, -0.25) is 0 Å². The first-order valence-corrected chi connectivity index (χ1v) is 14.0. The van der Waals surface area contributed by atoms with Gasteiger partial charge in [-0.05, 0) is 85.8 Å².